The fourth-order valence-electron chi connectivity index (χ4n) is 3.78. The minimum Gasteiger partial charge on any atom is -0.480 e. The van der Waals surface area contributed by atoms with Crippen molar-refractivity contribution in [3.8, 4) is 0 Å². The lowest BCUT2D eigenvalue weighted by Crippen LogP contribution is -2.41. The number of fused-ring (bicyclic) bond motifs is 1. The van der Waals surface area contributed by atoms with Crippen LogP contribution in [0.5, 0.6) is 0 Å². The first kappa shape index (κ1) is 16.2. The molecule has 9 heteroatoms. The summed E-state index contributed by atoms with van der Waals surface area (Å²) in [5, 5.41) is 12.7. The summed E-state index contributed by atoms with van der Waals surface area (Å²) in [4.78, 5) is 17.0. The zero-order valence-electron chi connectivity index (χ0n) is 12.4. The van der Waals surface area contributed by atoms with Crippen LogP contribution < -0.4 is 0 Å². The Kier molecular flexibility index (Phi) is 4.31. The SMILES string of the molecule is O=C(O)C1CC2CCCCC2N1Cc1nc(CC(F)(F)F)no1. The third kappa shape index (κ3) is 3.65. The Balaban J connectivity index is 1.73. The molecule has 3 atom stereocenters. The van der Waals surface area contributed by atoms with Gasteiger partial charge >= 0.3 is 12.1 Å². The van der Waals surface area contributed by atoms with Crippen molar-refractivity contribution in [3.63, 3.8) is 0 Å². The maximum atomic E-state index is 12.3. The van der Waals surface area contributed by atoms with Crippen LogP contribution in [0.4, 0.5) is 13.2 Å². The highest BCUT2D eigenvalue weighted by atomic mass is 19.4. The Hall–Kier alpha value is -1.64. The van der Waals surface area contributed by atoms with E-state index in [0.717, 1.165) is 25.7 Å². The molecule has 2 aliphatic rings. The molecule has 1 saturated heterocycles. The molecule has 0 bridgehead atoms. The van der Waals surface area contributed by atoms with Gasteiger partial charge in [0.1, 0.15) is 12.5 Å². The number of aliphatic carboxylic acids is 1. The molecule has 1 aromatic heterocycles. The van der Waals surface area contributed by atoms with E-state index in [0.29, 0.717) is 12.3 Å². The quantitative estimate of drug-likeness (QED) is 0.911. The van der Waals surface area contributed by atoms with Gasteiger partial charge in [-0.05, 0) is 25.2 Å². The molecule has 0 radical (unpaired) electrons. The number of alkyl halides is 3. The summed E-state index contributed by atoms with van der Waals surface area (Å²) in [5.41, 5.74) is 0. The lowest BCUT2D eigenvalue weighted by atomic mass is 9.85. The van der Waals surface area contributed by atoms with Gasteiger partial charge in [-0.3, -0.25) is 9.69 Å². The molecule has 1 N–H and O–H groups in total. The number of carboxylic acids is 1. The van der Waals surface area contributed by atoms with E-state index in [2.05, 4.69) is 10.1 Å². The summed E-state index contributed by atoms with van der Waals surface area (Å²) < 4.78 is 41.9. The first-order chi connectivity index (χ1) is 10.8. The van der Waals surface area contributed by atoms with Gasteiger partial charge in [-0.1, -0.05) is 18.0 Å². The van der Waals surface area contributed by atoms with E-state index in [1.807, 2.05) is 0 Å². The smallest absolute Gasteiger partial charge is 0.396 e. The van der Waals surface area contributed by atoms with Gasteiger partial charge in [-0.2, -0.15) is 18.2 Å². The fourth-order valence-corrected chi connectivity index (χ4v) is 3.78. The maximum absolute atomic E-state index is 12.3. The molecule has 0 spiro atoms. The molecule has 23 heavy (non-hydrogen) atoms. The van der Waals surface area contributed by atoms with Crippen LogP contribution in [0.3, 0.4) is 0 Å². The van der Waals surface area contributed by atoms with Crippen molar-refractivity contribution in [2.45, 2.75) is 63.3 Å². The van der Waals surface area contributed by atoms with Crippen LogP contribution in [0, 0.1) is 5.92 Å². The predicted molar refractivity (Wildman–Crippen MR) is 71.4 cm³/mol. The Morgan fingerprint density at radius 2 is 2.09 bits per heavy atom. The predicted octanol–water partition coefficient (Wildman–Crippen LogP) is 2.39. The number of rotatable bonds is 4. The number of aromatic nitrogens is 2. The minimum atomic E-state index is -4.40. The molecule has 128 valence electrons. The molecule has 2 fully saturated rings. The van der Waals surface area contributed by atoms with Gasteiger partial charge in [-0.25, -0.2) is 0 Å². The molecule has 1 aliphatic carbocycles. The average molecular weight is 333 g/mol. The van der Waals surface area contributed by atoms with E-state index >= 15 is 0 Å². The van der Waals surface area contributed by atoms with Crippen molar-refractivity contribution >= 4 is 5.97 Å². The molecule has 3 rings (SSSR count). The Morgan fingerprint density at radius 1 is 1.35 bits per heavy atom. The van der Waals surface area contributed by atoms with Gasteiger partial charge in [0.25, 0.3) is 0 Å². The second-order valence-electron chi connectivity index (χ2n) is 6.27. The molecule has 6 nitrogen and oxygen atoms in total. The van der Waals surface area contributed by atoms with Crippen LogP contribution in [-0.2, 0) is 17.8 Å². The van der Waals surface area contributed by atoms with Crippen LogP contribution in [0.2, 0.25) is 0 Å². The third-order valence-electron chi connectivity index (χ3n) is 4.69. The first-order valence-electron chi connectivity index (χ1n) is 7.70. The van der Waals surface area contributed by atoms with Crippen molar-refractivity contribution < 1.29 is 27.6 Å². The Bertz CT molecular complexity index is 575. The van der Waals surface area contributed by atoms with Crippen molar-refractivity contribution in [1.29, 1.82) is 0 Å². The van der Waals surface area contributed by atoms with Crippen molar-refractivity contribution in [2.24, 2.45) is 5.92 Å². The van der Waals surface area contributed by atoms with E-state index in [1.54, 1.807) is 4.90 Å². The molecular formula is C14H18F3N3O3. The zero-order valence-corrected chi connectivity index (χ0v) is 12.4. The number of nitrogens with zero attached hydrogens (tertiary/aromatic N) is 3. The molecule has 1 aliphatic heterocycles. The van der Waals surface area contributed by atoms with Gasteiger partial charge in [-0.15, -0.1) is 0 Å². The molecule has 1 aromatic rings. The van der Waals surface area contributed by atoms with Crippen molar-refractivity contribution in [1.82, 2.24) is 15.0 Å². The number of hydrogen-bond donors (Lipinski definition) is 1. The average Bonchev–Trinajstić information content (AvgIpc) is 3.03. The number of likely N-dealkylation sites (tertiary alicyclic amines) is 1. The Labute approximate surface area is 130 Å². The summed E-state index contributed by atoms with van der Waals surface area (Å²) in [5.74, 6) is -0.961. The third-order valence-corrected chi connectivity index (χ3v) is 4.69. The topological polar surface area (TPSA) is 79.5 Å². The molecule has 2 heterocycles. The highest BCUT2D eigenvalue weighted by Gasteiger charge is 2.45. The molecule has 0 amide bonds. The second kappa shape index (κ2) is 6.10. The largest absolute Gasteiger partial charge is 0.480 e. The van der Waals surface area contributed by atoms with Crippen LogP contribution in [0.15, 0.2) is 4.52 Å². The Morgan fingerprint density at radius 3 is 2.78 bits per heavy atom. The highest BCUT2D eigenvalue weighted by Crippen LogP contribution is 2.40. The van der Waals surface area contributed by atoms with Crippen LogP contribution >= 0.6 is 0 Å². The first-order valence-corrected chi connectivity index (χ1v) is 7.70. The second-order valence-corrected chi connectivity index (χ2v) is 6.27. The zero-order chi connectivity index (χ0) is 16.6. The van der Waals surface area contributed by atoms with Gasteiger partial charge in [0.15, 0.2) is 5.82 Å². The lowest BCUT2D eigenvalue weighted by Gasteiger charge is -2.31. The summed E-state index contributed by atoms with van der Waals surface area (Å²) in [6.07, 6.45) is -1.04. The van der Waals surface area contributed by atoms with Crippen molar-refractivity contribution in [2.75, 3.05) is 0 Å². The van der Waals surface area contributed by atoms with E-state index in [-0.39, 0.29) is 18.5 Å². The summed E-state index contributed by atoms with van der Waals surface area (Å²) in [6, 6.07) is -0.510. The van der Waals surface area contributed by atoms with E-state index < -0.39 is 30.4 Å². The van der Waals surface area contributed by atoms with Crippen LogP contribution in [0.25, 0.3) is 0 Å². The lowest BCUT2D eigenvalue weighted by molar-refractivity contribution is -0.143. The van der Waals surface area contributed by atoms with E-state index in [4.69, 9.17) is 4.52 Å². The highest BCUT2D eigenvalue weighted by molar-refractivity contribution is 5.74. The summed E-state index contributed by atoms with van der Waals surface area (Å²) >= 11 is 0. The number of halogens is 3. The monoisotopic (exact) mass is 333 g/mol. The van der Waals surface area contributed by atoms with Gasteiger partial charge in [0.05, 0.1) is 6.54 Å². The van der Waals surface area contributed by atoms with Crippen LogP contribution in [0.1, 0.15) is 43.8 Å². The standard InChI is InChI=1S/C14H18F3N3O3/c15-14(16,17)6-11-18-12(23-19-11)7-20-9-4-2-1-3-8(9)5-10(20)13(21)22/h8-10H,1-7H2,(H,21,22). The van der Waals surface area contributed by atoms with Gasteiger partial charge < -0.3 is 9.63 Å². The number of carbonyl (C=O) groups is 1. The van der Waals surface area contributed by atoms with E-state index in [1.165, 1.54) is 0 Å². The van der Waals surface area contributed by atoms with Crippen molar-refractivity contribution in [3.05, 3.63) is 11.7 Å². The normalized spacial score (nSPS) is 28.7. The summed E-state index contributed by atoms with van der Waals surface area (Å²) in [7, 11) is 0. The maximum Gasteiger partial charge on any atom is 0.396 e. The van der Waals surface area contributed by atoms with E-state index in [9.17, 15) is 23.1 Å². The molecule has 0 aromatic carbocycles. The number of carboxylic acid groups (broad SMARTS) is 1. The van der Waals surface area contributed by atoms with Gasteiger partial charge in [0.2, 0.25) is 5.89 Å². The van der Waals surface area contributed by atoms with Gasteiger partial charge in [0, 0.05) is 6.04 Å². The molecule has 1 saturated carbocycles. The summed E-state index contributed by atoms with van der Waals surface area (Å²) in [6.45, 7) is 0.0863. The fraction of sp³-hybridized carbons (Fsp3) is 0.786. The van der Waals surface area contributed by atoms with Crippen LogP contribution in [-0.4, -0.2) is 44.4 Å². The minimum absolute atomic E-state index is 0.0433. The molecule has 3 unspecified atom stereocenters. The number of hydrogen-bond acceptors (Lipinski definition) is 5. The molecular weight excluding hydrogens is 315 g/mol.